The largest absolute Gasteiger partial charge is 0.325 e. The Kier molecular flexibility index (Phi) is 6.80. The van der Waals surface area contributed by atoms with Gasteiger partial charge in [0, 0.05) is 38.3 Å². The Morgan fingerprint density at radius 2 is 1.85 bits per heavy atom. The third-order valence-electron chi connectivity index (χ3n) is 4.24. The van der Waals surface area contributed by atoms with E-state index in [0.717, 1.165) is 32.6 Å². The Bertz CT molecular complexity index is 300. The van der Waals surface area contributed by atoms with Gasteiger partial charge < -0.3 is 15.1 Å². The van der Waals surface area contributed by atoms with E-state index in [4.69, 9.17) is 0 Å². The minimum atomic E-state index is 0.212. The number of hydrogen-bond donors (Lipinski definition) is 1. The van der Waals surface area contributed by atoms with Crippen molar-refractivity contribution in [2.24, 2.45) is 11.8 Å². The molecule has 1 fully saturated rings. The molecular formula is C16H33N3O. The van der Waals surface area contributed by atoms with Gasteiger partial charge >= 0.3 is 6.03 Å². The number of rotatable bonds is 5. The molecule has 0 aromatic rings. The Morgan fingerprint density at radius 3 is 2.30 bits per heavy atom. The molecule has 0 spiro atoms. The van der Waals surface area contributed by atoms with Crippen LogP contribution in [0.15, 0.2) is 0 Å². The molecule has 1 aliphatic rings. The van der Waals surface area contributed by atoms with Crippen molar-refractivity contribution in [3.63, 3.8) is 0 Å². The zero-order chi connectivity index (χ0) is 15.3. The maximum absolute atomic E-state index is 12.7. The van der Waals surface area contributed by atoms with Crippen molar-refractivity contribution in [1.82, 2.24) is 15.1 Å². The third kappa shape index (κ3) is 4.37. The van der Waals surface area contributed by atoms with E-state index in [-0.39, 0.29) is 6.03 Å². The molecule has 0 aromatic heterocycles. The van der Waals surface area contributed by atoms with Gasteiger partial charge in [-0.25, -0.2) is 4.79 Å². The van der Waals surface area contributed by atoms with Gasteiger partial charge in [-0.3, -0.25) is 0 Å². The van der Waals surface area contributed by atoms with Gasteiger partial charge in [-0.1, -0.05) is 27.7 Å². The monoisotopic (exact) mass is 283 g/mol. The Morgan fingerprint density at radius 1 is 1.25 bits per heavy atom. The first-order valence-electron chi connectivity index (χ1n) is 8.19. The van der Waals surface area contributed by atoms with Crippen molar-refractivity contribution in [2.45, 2.75) is 60.0 Å². The molecule has 1 N–H and O–H groups in total. The molecule has 1 heterocycles. The first-order chi connectivity index (χ1) is 9.40. The Hall–Kier alpha value is -0.770. The molecule has 2 amide bonds. The first kappa shape index (κ1) is 17.3. The van der Waals surface area contributed by atoms with Gasteiger partial charge in [0.25, 0.3) is 0 Å². The predicted molar refractivity (Wildman–Crippen MR) is 84.9 cm³/mol. The van der Waals surface area contributed by atoms with Crippen LogP contribution in [-0.2, 0) is 0 Å². The summed E-state index contributed by atoms with van der Waals surface area (Å²) >= 11 is 0. The quantitative estimate of drug-likeness (QED) is 0.842. The number of carbonyl (C=O) groups is 1. The van der Waals surface area contributed by atoms with Crippen LogP contribution >= 0.6 is 0 Å². The molecule has 0 saturated carbocycles. The van der Waals surface area contributed by atoms with E-state index >= 15 is 0 Å². The summed E-state index contributed by atoms with van der Waals surface area (Å²) in [5, 5.41) is 3.63. The van der Waals surface area contributed by atoms with Crippen molar-refractivity contribution in [3.8, 4) is 0 Å². The second kappa shape index (κ2) is 7.87. The first-order valence-corrected chi connectivity index (χ1v) is 8.19. The molecule has 0 aliphatic carbocycles. The van der Waals surface area contributed by atoms with Crippen LogP contribution in [0.4, 0.5) is 4.79 Å². The standard InChI is InChI=1S/C16H33N3O/c1-7-18(8-2)16(20)19-11-14(9-12(3)4)17-10-15(19)13(5)6/h12-15,17H,7-11H2,1-6H3. The van der Waals surface area contributed by atoms with Crippen LogP contribution < -0.4 is 5.32 Å². The zero-order valence-corrected chi connectivity index (χ0v) is 14.1. The van der Waals surface area contributed by atoms with E-state index in [1.54, 1.807) is 0 Å². The molecule has 0 radical (unpaired) electrons. The number of carbonyl (C=O) groups excluding carboxylic acids is 1. The van der Waals surface area contributed by atoms with E-state index in [2.05, 4.69) is 51.8 Å². The molecule has 4 heteroatoms. The lowest BCUT2D eigenvalue weighted by atomic mass is 9.95. The zero-order valence-electron chi connectivity index (χ0n) is 14.1. The molecule has 2 unspecified atom stereocenters. The van der Waals surface area contributed by atoms with E-state index in [9.17, 15) is 4.79 Å². The normalized spacial score (nSPS) is 23.5. The maximum atomic E-state index is 12.7. The SMILES string of the molecule is CCN(CC)C(=O)N1CC(CC(C)C)NCC1C(C)C. The molecule has 1 rings (SSSR count). The fourth-order valence-corrected chi connectivity index (χ4v) is 3.05. The molecular weight excluding hydrogens is 250 g/mol. The fourth-order valence-electron chi connectivity index (χ4n) is 3.05. The Labute approximate surface area is 124 Å². The highest BCUT2D eigenvalue weighted by atomic mass is 16.2. The summed E-state index contributed by atoms with van der Waals surface area (Å²) in [5.41, 5.74) is 0. The summed E-state index contributed by atoms with van der Waals surface area (Å²) in [6, 6.07) is 0.958. The second-order valence-electron chi connectivity index (χ2n) is 6.65. The van der Waals surface area contributed by atoms with Crippen LogP contribution in [0, 0.1) is 11.8 Å². The van der Waals surface area contributed by atoms with Gasteiger partial charge in [-0.15, -0.1) is 0 Å². The topological polar surface area (TPSA) is 35.6 Å². The van der Waals surface area contributed by atoms with Gasteiger partial charge in [0.1, 0.15) is 0 Å². The van der Waals surface area contributed by atoms with E-state index < -0.39 is 0 Å². The van der Waals surface area contributed by atoms with Crippen LogP contribution in [-0.4, -0.2) is 54.1 Å². The molecule has 1 saturated heterocycles. The predicted octanol–water partition coefficient (Wildman–Crippen LogP) is 2.79. The molecule has 20 heavy (non-hydrogen) atoms. The van der Waals surface area contributed by atoms with Crippen molar-refractivity contribution < 1.29 is 4.79 Å². The average molecular weight is 283 g/mol. The van der Waals surface area contributed by atoms with Crippen LogP contribution in [0.5, 0.6) is 0 Å². The smallest absolute Gasteiger partial charge is 0.320 e. The molecule has 1 aliphatic heterocycles. The van der Waals surface area contributed by atoms with Crippen LogP contribution in [0.2, 0.25) is 0 Å². The van der Waals surface area contributed by atoms with Crippen molar-refractivity contribution >= 4 is 6.03 Å². The lowest BCUT2D eigenvalue weighted by molar-refractivity contribution is 0.0880. The number of piperazine rings is 1. The molecule has 2 atom stereocenters. The van der Waals surface area contributed by atoms with Crippen LogP contribution in [0.1, 0.15) is 48.0 Å². The van der Waals surface area contributed by atoms with E-state index in [0.29, 0.717) is 23.9 Å². The minimum Gasteiger partial charge on any atom is -0.325 e. The summed E-state index contributed by atoms with van der Waals surface area (Å²) < 4.78 is 0. The maximum Gasteiger partial charge on any atom is 0.320 e. The van der Waals surface area contributed by atoms with Gasteiger partial charge in [-0.2, -0.15) is 0 Å². The minimum absolute atomic E-state index is 0.212. The summed E-state index contributed by atoms with van der Waals surface area (Å²) in [7, 11) is 0. The number of amides is 2. The average Bonchev–Trinajstić information content (AvgIpc) is 2.38. The summed E-state index contributed by atoms with van der Waals surface area (Å²) in [6.45, 7) is 16.4. The highest BCUT2D eigenvalue weighted by Crippen LogP contribution is 2.20. The van der Waals surface area contributed by atoms with Crippen molar-refractivity contribution in [3.05, 3.63) is 0 Å². The van der Waals surface area contributed by atoms with E-state index in [1.807, 2.05) is 4.90 Å². The molecule has 118 valence electrons. The third-order valence-corrected chi connectivity index (χ3v) is 4.24. The highest BCUT2D eigenvalue weighted by molar-refractivity contribution is 5.75. The second-order valence-corrected chi connectivity index (χ2v) is 6.65. The number of nitrogens with zero attached hydrogens (tertiary/aromatic N) is 2. The van der Waals surface area contributed by atoms with Gasteiger partial charge in [-0.05, 0) is 32.1 Å². The van der Waals surface area contributed by atoms with Crippen LogP contribution in [0.25, 0.3) is 0 Å². The van der Waals surface area contributed by atoms with E-state index in [1.165, 1.54) is 0 Å². The number of urea groups is 1. The molecule has 0 bridgehead atoms. The highest BCUT2D eigenvalue weighted by Gasteiger charge is 2.34. The summed E-state index contributed by atoms with van der Waals surface area (Å²) in [5.74, 6) is 1.15. The van der Waals surface area contributed by atoms with Crippen molar-refractivity contribution in [1.29, 1.82) is 0 Å². The number of nitrogens with one attached hydrogen (secondary N) is 1. The van der Waals surface area contributed by atoms with Crippen LogP contribution in [0.3, 0.4) is 0 Å². The summed E-state index contributed by atoms with van der Waals surface area (Å²) in [6.07, 6.45) is 1.13. The summed E-state index contributed by atoms with van der Waals surface area (Å²) in [4.78, 5) is 16.8. The van der Waals surface area contributed by atoms with Gasteiger partial charge in [0.15, 0.2) is 0 Å². The van der Waals surface area contributed by atoms with Gasteiger partial charge in [0.05, 0.1) is 0 Å². The molecule has 0 aromatic carbocycles. The van der Waals surface area contributed by atoms with Crippen molar-refractivity contribution in [2.75, 3.05) is 26.2 Å². The lowest BCUT2D eigenvalue weighted by Gasteiger charge is -2.44. The lowest BCUT2D eigenvalue weighted by Crippen LogP contribution is -2.62. The number of hydrogen-bond acceptors (Lipinski definition) is 2. The molecule has 4 nitrogen and oxygen atoms in total. The Balaban J connectivity index is 2.80. The van der Waals surface area contributed by atoms with Gasteiger partial charge in [0.2, 0.25) is 0 Å². The fraction of sp³-hybridized carbons (Fsp3) is 0.938.